The van der Waals surface area contributed by atoms with Crippen LogP contribution in [-0.2, 0) is 14.8 Å². The van der Waals surface area contributed by atoms with E-state index in [1.165, 1.54) is 20.2 Å². The molecule has 30 heavy (non-hydrogen) atoms. The first-order valence-electron chi connectivity index (χ1n) is 9.77. The molecule has 0 fully saturated rings. The maximum Gasteiger partial charge on any atom is 0.251 e. The zero-order chi connectivity index (χ0) is 22.5. The summed E-state index contributed by atoms with van der Waals surface area (Å²) >= 11 is 0. The summed E-state index contributed by atoms with van der Waals surface area (Å²) in [6, 6.07) is 12.7. The van der Waals surface area contributed by atoms with Crippen LogP contribution in [0.25, 0.3) is 0 Å². The Bertz CT molecular complexity index is 1000. The van der Waals surface area contributed by atoms with Crippen molar-refractivity contribution in [2.75, 3.05) is 19.4 Å². The molecule has 2 amide bonds. The van der Waals surface area contributed by atoms with Gasteiger partial charge in [-0.1, -0.05) is 44.5 Å². The molecule has 8 heteroatoms. The summed E-state index contributed by atoms with van der Waals surface area (Å²) < 4.78 is 26.2. The van der Waals surface area contributed by atoms with Gasteiger partial charge in [-0.05, 0) is 42.7 Å². The molecule has 0 bridgehead atoms. The number of sulfonamides is 1. The van der Waals surface area contributed by atoms with E-state index in [4.69, 9.17) is 0 Å². The van der Waals surface area contributed by atoms with Crippen LogP contribution in [0.15, 0.2) is 53.4 Å². The van der Waals surface area contributed by atoms with Gasteiger partial charge in [0.15, 0.2) is 0 Å². The van der Waals surface area contributed by atoms with E-state index in [2.05, 4.69) is 10.6 Å². The van der Waals surface area contributed by atoms with E-state index in [9.17, 15) is 18.0 Å². The van der Waals surface area contributed by atoms with Crippen LogP contribution >= 0.6 is 0 Å². The molecular weight excluding hydrogens is 402 g/mol. The van der Waals surface area contributed by atoms with Gasteiger partial charge in [0.1, 0.15) is 6.04 Å². The number of hydrogen-bond donors (Lipinski definition) is 2. The van der Waals surface area contributed by atoms with Gasteiger partial charge in [-0.3, -0.25) is 9.59 Å². The topological polar surface area (TPSA) is 95.6 Å². The zero-order valence-corrected chi connectivity index (χ0v) is 18.8. The fraction of sp³-hybridized carbons (Fsp3) is 0.364. The van der Waals surface area contributed by atoms with Gasteiger partial charge < -0.3 is 10.6 Å². The second-order valence-electron chi connectivity index (χ2n) is 7.46. The average molecular weight is 432 g/mol. The van der Waals surface area contributed by atoms with E-state index in [1.54, 1.807) is 43.3 Å². The highest BCUT2D eigenvalue weighted by Gasteiger charge is 2.27. The second kappa shape index (κ2) is 9.86. The van der Waals surface area contributed by atoms with Crippen molar-refractivity contribution in [1.82, 2.24) is 9.62 Å². The van der Waals surface area contributed by atoms with E-state index < -0.39 is 22.0 Å². The first-order chi connectivity index (χ1) is 14.1. The summed E-state index contributed by atoms with van der Waals surface area (Å²) in [5.41, 5.74) is 1.40. The minimum Gasteiger partial charge on any atom is -0.340 e. The van der Waals surface area contributed by atoms with E-state index in [0.29, 0.717) is 23.2 Å². The van der Waals surface area contributed by atoms with Crippen molar-refractivity contribution < 1.29 is 18.0 Å². The Hall–Kier alpha value is -2.71. The highest BCUT2D eigenvalue weighted by atomic mass is 32.2. The van der Waals surface area contributed by atoms with Crippen LogP contribution in [0, 0.1) is 12.8 Å². The molecular formula is C22H29N3O4S. The molecule has 2 rings (SSSR count). The molecule has 0 aromatic heterocycles. The van der Waals surface area contributed by atoms with Gasteiger partial charge in [0.2, 0.25) is 15.9 Å². The van der Waals surface area contributed by atoms with Crippen molar-refractivity contribution in [3.63, 3.8) is 0 Å². The van der Waals surface area contributed by atoms with Crippen LogP contribution in [0.2, 0.25) is 0 Å². The molecule has 2 aromatic carbocycles. The van der Waals surface area contributed by atoms with Crippen LogP contribution in [0.4, 0.5) is 5.69 Å². The van der Waals surface area contributed by atoms with E-state index in [0.717, 1.165) is 4.31 Å². The minimum absolute atomic E-state index is 0.118. The van der Waals surface area contributed by atoms with Crippen molar-refractivity contribution in [1.29, 1.82) is 0 Å². The molecule has 0 aliphatic rings. The Morgan fingerprint density at radius 3 is 2.27 bits per heavy atom. The molecule has 2 unspecified atom stereocenters. The molecule has 0 heterocycles. The summed E-state index contributed by atoms with van der Waals surface area (Å²) in [4.78, 5) is 25.7. The summed E-state index contributed by atoms with van der Waals surface area (Å²) in [6.07, 6.45) is 0.682. The maximum absolute atomic E-state index is 13.0. The van der Waals surface area contributed by atoms with Crippen molar-refractivity contribution in [2.24, 2.45) is 5.92 Å². The fourth-order valence-corrected chi connectivity index (χ4v) is 4.03. The lowest BCUT2D eigenvalue weighted by Gasteiger charge is -2.24. The van der Waals surface area contributed by atoms with Gasteiger partial charge in [0.05, 0.1) is 4.90 Å². The van der Waals surface area contributed by atoms with Crippen LogP contribution in [-0.4, -0.2) is 44.7 Å². The van der Waals surface area contributed by atoms with E-state index in [1.807, 2.05) is 19.9 Å². The number of aryl methyl sites for hydroxylation is 1. The molecule has 162 valence electrons. The molecule has 2 N–H and O–H groups in total. The van der Waals surface area contributed by atoms with Crippen molar-refractivity contribution in [3.8, 4) is 0 Å². The minimum atomic E-state index is -3.65. The van der Waals surface area contributed by atoms with Gasteiger partial charge in [-0.25, -0.2) is 12.7 Å². The number of amides is 2. The SMILES string of the molecule is CCC(C)C(NC(=O)c1ccccc1)C(=O)Nc1ccc(C)c(S(=O)(=O)N(C)C)c1. The first-order valence-corrected chi connectivity index (χ1v) is 11.2. The number of hydrogen-bond acceptors (Lipinski definition) is 4. The van der Waals surface area contributed by atoms with Crippen LogP contribution in [0.3, 0.4) is 0 Å². The van der Waals surface area contributed by atoms with E-state index >= 15 is 0 Å². The van der Waals surface area contributed by atoms with Gasteiger partial charge in [0, 0.05) is 25.3 Å². The second-order valence-corrected chi connectivity index (χ2v) is 9.58. The number of nitrogens with one attached hydrogen (secondary N) is 2. The van der Waals surface area contributed by atoms with E-state index in [-0.39, 0.29) is 16.7 Å². The normalized spacial score (nSPS) is 13.5. The predicted octanol–water partition coefficient (Wildman–Crippen LogP) is 3.03. The standard InChI is InChI=1S/C22H29N3O4S/c1-6-15(2)20(24-21(26)17-10-8-7-9-11-17)22(27)23-18-13-12-16(3)19(14-18)30(28,29)25(4)5/h7-15,20H,6H2,1-5H3,(H,23,27)(H,24,26). The van der Waals surface area contributed by atoms with Crippen molar-refractivity contribution in [3.05, 3.63) is 59.7 Å². The number of carbonyl (C=O) groups is 2. The molecule has 0 spiro atoms. The van der Waals surface area contributed by atoms with Crippen molar-refractivity contribution >= 4 is 27.5 Å². The van der Waals surface area contributed by atoms with Crippen LogP contribution < -0.4 is 10.6 Å². The van der Waals surface area contributed by atoms with Crippen LogP contribution in [0.1, 0.15) is 36.2 Å². The molecule has 0 radical (unpaired) electrons. The van der Waals surface area contributed by atoms with Gasteiger partial charge in [0.25, 0.3) is 5.91 Å². The molecule has 0 aliphatic heterocycles. The average Bonchev–Trinajstić information content (AvgIpc) is 2.72. The quantitative estimate of drug-likeness (QED) is 0.672. The predicted molar refractivity (Wildman–Crippen MR) is 118 cm³/mol. The number of nitrogens with zero attached hydrogens (tertiary/aromatic N) is 1. The summed E-state index contributed by atoms with van der Waals surface area (Å²) in [7, 11) is -0.737. The Morgan fingerprint density at radius 1 is 1.07 bits per heavy atom. The largest absolute Gasteiger partial charge is 0.340 e. The Balaban J connectivity index is 2.27. The smallest absolute Gasteiger partial charge is 0.251 e. The maximum atomic E-state index is 13.0. The first kappa shape index (κ1) is 23.6. The number of benzene rings is 2. The Kier molecular flexibility index (Phi) is 7.75. The molecule has 2 atom stereocenters. The Morgan fingerprint density at radius 2 is 1.70 bits per heavy atom. The third-order valence-electron chi connectivity index (χ3n) is 5.03. The van der Waals surface area contributed by atoms with Gasteiger partial charge in [-0.15, -0.1) is 0 Å². The zero-order valence-electron chi connectivity index (χ0n) is 18.0. The number of rotatable bonds is 8. The number of anilines is 1. The highest BCUT2D eigenvalue weighted by molar-refractivity contribution is 7.89. The third-order valence-corrected chi connectivity index (χ3v) is 6.99. The lowest BCUT2D eigenvalue weighted by molar-refractivity contribution is -0.119. The van der Waals surface area contributed by atoms with Gasteiger partial charge in [-0.2, -0.15) is 0 Å². The monoisotopic (exact) mass is 431 g/mol. The molecule has 0 saturated carbocycles. The summed E-state index contributed by atoms with van der Waals surface area (Å²) in [5, 5.41) is 5.56. The highest BCUT2D eigenvalue weighted by Crippen LogP contribution is 2.23. The Labute approximate surface area is 178 Å². The molecule has 7 nitrogen and oxygen atoms in total. The van der Waals surface area contributed by atoms with Gasteiger partial charge >= 0.3 is 0 Å². The van der Waals surface area contributed by atoms with Crippen molar-refractivity contribution in [2.45, 2.75) is 38.1 Å². The molecule has 0 saturated heterocycles. The molecule has 2 aromatic rings. The third kappa shape index (κ3) is 5.46. The lowest BCUT2D eigenvalue weighted by atomic mass is 9.97. The van der Waals surface area contributed by atoms with Crippen LogP contribution in [0.5, 0.6) is 0 Å². The fourth-order valence-electron chi connectivity index (χ4n) is 2.89. The number of carbonyl (C=O) groups excluding carboxylic acids is 2. The molecule has 0 aliphatic carbocycles. The lowest BCUT2D eigenvalue weighted by Crippen LogP contribution is -2.47. The summed E-state index contributed by atoms with van der Waals surface area (Å²) in [6.45, 7) is 5.52. The summed E-state index contributed by atoms with van der Waals surface area (Å²) in [5.74, 6) is -0.852.